The van der Waals surface area contributed by atoms with Crippen LogP contribution in [0.2, 0.25) is 0 Å². The Morgan fingerprint density at radius 3 is 2.54 bits per heavy atom. The molecule has 2 heterocycles. The van der Waals surface area contributed by atoms with Gasteiger partial charge in [0.05, 0.1) is 12.1 Å². The zero-order chi connectivity index (χ0) is 18.5. The van der Waals surface area contributed by atoms with Crippen molar-refractivity contribution >= 4 is 11.6 Å². The van der Waals surface area contributed by atoms with Crippen LogP contribution in [0.4, 0.5) is 0 Å². The molecule has 138 valence electrons. The van der Waals surface area contributed by atoms with Gasteiger partial charge in [0.25, 0.3) is 0 Å². The molecular formula is C19H24N4O3. The molecule has 0 unspecified atom stereocenters. The van der Waals surface area contributed by atoms with Gasteiger partial charge < -0.3 is 14.3 Å². The van der Waals surface area contributed by atoms with Gasteiger partial charge in [0.2, 0.25) is 17.6 Å². The molecule has 0 saturated carbocycles. The molecule has 0 bridgehead atoms. The van der Waals surface area contributed by atoms with E-state index in [-0.39, 0.29) is 12.0 Å². The van der Waals surface area contributed by atoms with Crippen LogP contribution < -0.4 is 0 Å². The first-order chi connectivity index (χ1) is 12.5. The zero-order valence-corrected chi connectivity index (χ0v) is 15.4. The number of carbonyl (C=O) groups excluding carboxylic acids is 1. The smallest absolute Gasteiger partial charge is 0.227 e. The SMILES string of the molecule is Cc1nc(-c2ccc(CC(=O)N3CCC(=NOC(C)C)CC3)cc2)no1. The van der Waals surface area contributed by atoms with Crippen molar-refractivity contribution in [3.63, 3.8) is 0 Å². The predicted molar refractivity (Wildman–Crippen MR) is 97.6 cm³/mol. The Morgan fingerprint density at radius 2 is 1.96 bits per heavy atom. The number of carbonyl (C=O) groups is 1. The molecule has 0 N–H and O–H groups in total. The van der Waals surface area contributed by atoms with Gasteiger partial charge in [-0.25, -0.2) is 0 Å². The van der Waals surface area contributed by atoms with Gasteiger partial charge >= 0.3 is 0 Å². The maximum Gasteiger partial charge on any atom is 0.227 e. The molecule has 1 amide bonds. The third-order valence-electron chi connectivity index (χ3n) is 4.18. The molecule has 1 aliphatic rings. The van der Waals surface area contributed by atoms with Crippen molar-refractivity contribution < 1.29 is 14.2 Å². The highest BCUT2D eigenvalue weighted by atomic mass is 16.6. The van der Waals surface area contributed by atoms with E-state index >= 15 is 0 Å². The summed E-state index contributed by atoms with van der Waals surface area (Å²) in [6, 6.07) is 7.70. The highest BCUT2D eigenvalue weighted by Crippen LogP contribution is 2.17. The summed E-state index contributed by atoms with van der Waals surface area (Å²) in [6.07, 6.45) is 2.02. The first kappa shape index (κ1) is 18.1. The maximum absolute atomic E-state index is 12.5. The summed E-state index contributed by atoms with van der Waals surface area (Å²) < 4.78 is 4.99. The van der Waals surface area contributed by atoms with Gasteiger partial charge in [-0.3, -0.25) is 4.79 Å². The van der Waals surface area contributed by atoms with Crippen molar-refractivity contribution in [1.82, 2.24) is 15.0 Å². The fourth-order valence-electron chi connectivity index (χ4n) is 2.76. The molecule has 1 aromatic carbocycles. The van der Waals surface area contributed by atoms with Crippen LogP contribution >= 0.6 is 0 Å². The predicted octanol–water partition coefficient (Wildman–Crippen LogP) is 2.99. The number of piperidine rings is 1. The molecule has 1 saturated heterocycles. The third kappa shape index (κ3) is 4.68. The van der Waals surface area contributed by atoms with Gasteiger partial charge in [-0.2, -0.15) is 4.98 Å². The molecule has 1 aliphatic heterocycles. The van der Waals surface area contributed by atoms with E-state index in [1.807, 2.05) is 43.0 Å². The van der Waals surface area contributed by atoms with Crippen molar-refractivity contribution in [2.24, 2.45) is 5.16 Å². The first-order valence-corrected chi connectivity index (χ1v) is 8.90. The van der Waals surface area contributed by atoms with Gasteiger partial charge in [-0.15, -0.1) is 0 Å². The standard InChI is InChI=1S/C19H24N4O3/c1-13(2)25-21-17-8-10-23(11-9-17)18(24)12-15-4-6-16(7-5-15)19-20-14(3)26-22-19/h4-7,13H,8-12H2,1-3H3. The number of benzene rings is 1. The van der Waals surface area contributed by atoms with E-state index in [0.29, 0.717) is 31.2 Å². The van der Waals surface area contributed by atoms with Crippen LogP contribution in [0.25, 0.3) is 11.4 Å². The summed E-state index contributed by atoms with van der Waals surface area (Å²) >= 11 is 0. The lowest BCUT2D eigenvalue weighted by atomic mass is 10.1. The number of nitrogens with zero attached hydrogens (tertiary/aromatic N) is 4. The fraction of sp³-hybridized carbons (Fsp3) is 0.474. The molecule has 26 heavy (non-hydrogen) atoms. The summed E-state index contributed by atoms with van der Waals surface area (Å²) in [5.74, 6) is 1.23. The summed E-state index contributed by atoms with van der Waals surface area (Å²) in [7, 11) is 0. The van der Waals surface area contributed by atoms with E-state index in [2.05, 4.69) is 15.3 Å². The minimum Gasteiger partial charge on any atom is -0.393 e. The molecule has 1 aromatic heterocycles. The average Bonchev–Trinajstić information content (AvgIpc) is 3.07. The van der Waals surface area contributed by atoms with Crippen LogP contribution in [0.1, 0.15) is 38.1 Å². The van der Waals surface area contributed by atoms with Gasteiger partial charge in [-0.05, 0) is 19.4 Å². The minimum atomic E-state index is 0.0847. The van der Waals surface area contributed by atoms with Crippen LogP contribution in [0.3, 0.4) is 0 Å². The van der Waals surface area contributed by atoms with Crippen LogP contribution in [-0.4, -0.2) is 45.9 Å². The number of aromatic nitrogens is 2. The normalized spacial score (nSPS) is 14.6. The highest BCUT2D eigenvalue weighted by Gasteiger charge is 2.20. The van der Waals surface area contributed by atoms with Crippen molar-refractivity contribution in [3.05, 3.63) is 35.7 Å². The Hall–Kier alpha value is -2.70. The van der Waals surface area contributed by atoms with E-state index in [1.165, 1.54) is 0 Å². The van der Waals surface area contributed by atoms with Crippen LogP contribution in [0.5, 0.6) is 0 Å². The zero-order valence-electron chi connectivity index (χ0n) is 15.4. The fourth-order valence-corrected chi connectivity index (χ4v) is 2.76. The Bertz CT molecular complexity index is 770. The lowest BCUT2D eigenvalue weighted by Crippen LogP contribution is -2.39. The molecule has 0 atom stereocenters. The van der Waals surface area contributed by atoms with E-state index in [0.717, 1.165) is 29.7 Å². The molecule has 0 radical (unpaired) electrons. The molecule has 7 nitrogen and oxygen atoms in total. The summed E-state index contributed by atoms with van der Waals surface area (Å²) in [5.41, 5.74) is 2.88. The van der Waals surface area contributed by atoms with Crippen LogP contribution in [-0.2, 0) is 16.1 Å². The average molecular weight is 356 g/mol. The summed E-state index contributed by atoms with van der Waals surface area (Å²) in [6.45, 7) is 7.05. The second-order valence-electron chi connectivity index (χ2n) is 6.70. The van der Waals surface area contributed by atoms with Gasteiger partial charge in [0, 0.05) is 38.4 Å². The molecule has 3 rings (SSSR count). The van der Waals surface area contributed by atoms with Crippen LogP contribution in [0.15, 0.2) is 33.9 Å². The Morgan fingerprint density at radius 1 is 1.27 bits per heavy atom. The Balaban J connectivity index is 1.53. The van der Waals surface area contributed by atoms with Crippen LogP contribution in [0, 0.1) is 6.92 Å². The van der Waals surface area contributed by atoms with E-state index < -0.39 is 0 Å². The van der Waals surface area contributed by atoms with Crippen molar-refractivity contribution in [3.8, 4) is 11.4 Å². The Kier molecular flexibility index (Phi) is 5.65. The number of likely N-dealkylation sites (tertiary alicyclic amines) is 1. The largest absolute Gasteiger partial charge is 0.393 e. The van der Waals surface area contributed by atoms with Crippen molar-refractivity contribution in [2.45, 2.75) is 46.1 Å². The van der Waals surface area contributed by atoms with Gasteiger partial charge in [0.1, 0.15) is 6.10 Å². The Labute approximate surface area is 153 Å². The van der Waals surface area contributed by atoms with Gasteiger partial charge in [-0.1, -0.05) is 34.6 Å². The highest BCUT2D eigenvalue weighted by molar-refractivity contribution is 5.87. The summed E-state index contributed by atoms with van der Waals surface area (Å²) in [5, 5.41) is 8.06. The molecule has 7 heteroatoms. The number of hydrogen-bond donors (Lipinski definition) is 0. The molecule has 1 fully saturated rings. The minimum absolute atomic E-state index is 0.0847. The molecular weight excluding hydrogens is 332 g/mol. The number of oxime groups is 1. The molecule has 0 spiro atoms. The van der Waals surface area contributed by atoms with E-state index in [4.69, 9.17) is 9.36 Å². The van der Waals surface area contributed by atoms with E-state index in [9.17, 15) is 4.79 Å². The molecule has 2 aromatic rings. The molecule has 0 aliphatic carbocycles. The van der Waals surface area contributed by atoms with Crippen molar-refractivity contribution in [2.75, 3.05) is 13.1 Å². The number of aryl methyl sites for hydroxylation is 1. The topological polar surface area (TPSA) is 80.8 Å². The number of rotatable bonds is 5. The maximum atomic E-state index is 12.5. The number of amides is 1. The quantitative estimate of drug-likeness (QED) is 0.769. The number of hydrogen-bond acceptors (Lipinski definition) is 6. The van der Waals surface area contributed by atoms with Crippen molar-refractivity contribution in [1.29, 1.82) is 0 Å². The second kappa shape index (κ2) is 8.12. The van der Waals surface area contributed by atoms with E-state index in [1.54, 1.807) is 6.92 Å². The third-order valence-corrected chi connectivity index (χ3v) is 4.18. The first-order valence-electron chi connectivity index (χ1n) is 8.90. The summed E-state index contributed by atoms with van der Waals surface area (Å²) in [4.78, 5) is 23.9. The lowest BCUT2D eigenvalue weighted by molar-refractivity contribution is -0.130. The monoisotopic (exact) mass is 356 g/mol. The van der Waals surface area contributed by atoms with Gasteiger partial charge in [0.15, 0.2) is 0 Å². The lowest BCUT2D eigenvalue weighted by Gasteiger charge is -2.27. The second-order valence-corrected chi connectivity index (χ2v) is 6.70.